The monoisotopic (exact) mass is 241 g/mol. The van der Waals surface area contributed by atoms with Crippen molar-refractivity contribution in [1.82, 2.24) is 5.32 Å². The van der Waals surface area contributed by atoms with Crippen LogP contribution in [0.4, 0.5) is 0 Å². The van der Waals surface area contributed by atoms with E-state index in [1.807, 2.05) is 0 Å². The number of methoxy groups -OCH3 is 1. The summed E-state index contributed by atoms with van der Waals surface area (Å²) in [6.45, 7) is 7.70. The third-order valence-electron chi connectivity index (χ3n) is 4.21. The van der Waals surface area contributed by atoms with Crippen molar-refractivity contribution in [2.75, 3.05) is 26.8 Å². The van der Waals surface area contributed by atoms with Gasteiger partial charge in [0.1, 0.15) is 0 Å². The van der Waals surface area contributed by atoms with Gasteiger partial charge in [-0.15, -0.1) is 0 Å². The van der Waals surface area contributed by atoms with Gasteiger partial charge in [-0.1, -0.05) is 39.5 Å². The van der Waals surface area contributed by atoms with Crippen LogP contribution in [0.1, 0.15) is 58.8 Å². The normalized spacial score (nSPS) is 19.2. The van der Waals surface area contributed by atoms with Crippen LogP contribution in [0.5, 0.6) is 0 Å². The van der Waals surface area contributed by atoms with Crippen molar-refractivity contribution in [2.45, 2.75) is 58.8 Å². The predicted octanol–water partition coefficient (Wildman–Crippen LogP) is 3.61. The summed E-state index contributed by atoms with van der Waals surface area (Å²) in [5.74, 6) is 0.960. The zero-order chi connectivity index (χ0) is 12.6. The Bertz CT molecular complexity index is 189. The highest BCUT2D eigenvalue weighted by atomic mass is 16.5. The van der Waals surface area contributed by atoms with E-state index < -0.39 is 0 Å². The molecule has 0 heterocycles. The van der Waals surface area contributed by atoms with Gasteiger partial charge in [0.25, 0.3) is 0 Å². The molecule has 2 heteroatoms. The minimum Gasteiger partial charge on any atom is -0.383 e. The van der Waals surface area contributed by atoms with Gasteiger partial charge in [-0.25, -0.2) is 0 Å². The fraction of sp³-hybridized carbons (Fsp3) is 1.00. The van der Waals surface area contributed by atoms with Crippen LogP contribution in [0, 0.1) is 11.3 Å². The molecule has 1 atom stereocenters. The summed E-state index contributed by atoms with van der Waals surface area (Å²) in [6.07, 6.45) is 9.88. The minimum absolute atomic E-state index is 0.655. The summed E-state index contributed by atoms with van der Waals surface area (Å²) in [6, 6.07) is 0. The van der Waals surface area contributed by atoms with E-state index in [0.29, 0.717) is 5.41 Å². The zero-order valence-electron chi connectivity index (χ0n) is 12.1. The Morgan fingerprint density at radius 2 is 2.06 bits per heavy atom. The lowest BCUT2D eigenvalue weighted by molar-refractivity contribution is 0.195. The molecule has 0 spiro atoms. The van der Waals surface area contributed by atoms with Crippen LogP contribution in [-0.4, -0.2) is 26.8 Å². The molecule has 1 aliphatic rings. The van der Waals surface area contributed by atoms with Gasteiger partial charge in [0.05, 0.1) is 6.61 Å². The maximum absolute atomic E-state index is 5.07. The van der Waals surface area contributed by atoms with E-state index in [-0.39, 0.29) is 0 Å². The van der Waals surface area contributed by atoms with Gasteiger partial charge in [0.15, 0.2) is 0 Å². The number of hydrogen-bond donors (Lipinski definition) is 1. The van der Waals surface area contributed by atoms with Crippen LogP contribution in [0.2, 0.25) is 0 Å². The van der Waals surface area contributed by atoms with E-state index in [2.05, 4.69) is 19.2 Å². The Labute approximate surface area is 108 Å². The molecule has 0 aromatic heterocycles. The Kier molecular flexibility index (Phi) is 7.14. The highest BCUT2D eigenvalue weighted by Crippen LogP contribution is 2.51. The Morgan fingerprint density at radius 3 is 2.59 bits per heavy atom. The smallest absolute Gasteiger partial charge is 0.0587 e. The Balaban J connectivity index is 2.18. The van der Waals surface area contributed by atoms with Crippen molar-refractivity contribution in [2.24, 2.45) is 11.3 Å². The van der Waals surface area contributed by atoms with E-state index in [0.717, 1.165) is 19.1 Å². The van der Waals surface area contributed by atoms with Crippen molar-refractivity contribution < 1.29 is 4.74 Å². The summed E-state index contributed by atoms with van der Waals surface area (Å²) < 4.78 is 5.07. The van der Waals surface area contributed by atoms with Crippen LogP contribution in [-0.2, 0) is 4.74 Å². The molecule has 102 valence electrons. The molecule has 0 aromatic carbocycles. The van der Waals surface area contributed by atoms with Crippen LogP contribution < -0.4 is 5.32 Å². The van der Waals surface area contributed by atoms with Gasteiger partial charge in [0.2, 0.25) is 0 Å². The van der Waals surface area contributed by atoms with E-state index in [1.54, 1.807) is 7.11 Å². The first-order valence-electron chi connectivity index (χ1n) is 7.46. The minimum atomic E-state index is 0.655. The topological polar surface area (TPSA) is 21.3 Å². The molecule has 1 rings (SSSR count). The van der Waals surface area contributed by atoms with Crippen molar-refractivity contribution in [3.05, 3.63) is 0 Å². The second kappa shape index (κ2) is 8.10. The van der Waals surface area contributed by atoms with Crippen LogP contribution in [0.25, 0.3) is 0 Å². The first-order valence-corrected chi connectivity index (χ1v) is 7.46. The summed E-state index contributed by atoms with van der Waals surface area (Å²) in [7, 11) is 1.77. The Morgan fingerprint density at radius 1 is 1.29 bits per heavy atom. The number of unbranched alkanes of at least 4 members (excludes halogenated alkanes) is 1. The van der Waals surface area contributed by atoms with Crippen molar-refractivity contribution in [1.29, 1.82) is 0 Å². The van der Waals surface area contributed by atoms with Gasteiger partial charge in [-0.2, -0.15) is 0 Å². The van der Waals surface area contributed by atoms with Crippen LogP contribution >= 0.6 is 0 Å². The molecule has 0 aliphatic heterocycles. The van der Waals surface area contributed by atoms with Crippen molar-refractivity contribution in [3.63, 3.8) is 0 Å². The molecule has 1 fully saturated rings. The highest BCUT2D eigenvalue weighted by Gasteiger charge is 2.42. The van der Waals surface area contributed by atoms with Crippen LogP contribution in [0.15, 0.2) is 0 Å². The molecule has 0 amide bonds. The zero-order valence-corrected chi connectivity index (χ0v) is 12.1. The molecule has 0 aromatic rings. The Hall–Kier alpha value is -0.0800. The summed E-state index contributed by atoms with van der Waals surface area (Å²) in [5.41, 5.74) is 0.655. The molecule has 1 saturated carbocycles. The van der Waals surface area contributed by atoms with Gasteiger partial charge in [-0.3, -0.25) is 0 Å². The number of nitrogens with one attached hydrogen (secondary N) is 1. The molecule has 0 saturated heterocycles. The van der Waals surface area contributed by atoms with E-state index >= 15 is 0 Å². The van der Waals surface area contributed by atoms with E-state index in [4.69, 9.17) is 4.74 Å². The summed E-state index contributed by atoms with van der Waals surface area (Å²) in [4.78, 5) is 0. The molecule has 0 radical (unpaired) electrons. The summed E-state index contributed by atoms with van der Waals surface area (Å²) in [5, 5.41) is 3.55. The molecule has 1 unspecified atom stereocenters. The fourth-order valence-corrected chi connectivity index (χ4v) is 2.71. The lowest BCUT2D eigenvalue weighted by Gasteiger charge is -2.22. The molecule has 17 heavy (non-hydrogen) atoms. The number of rotatable bonds is 11. The first kappa shape index (κ1) is 15.0. The maximum atomic E-state index is 5.07. The predicted molar refractivity (Wildman–Crippen MR) is 74.3 cm³/mol. The van der Waals surface area contributed by atoms with Gasteiger partial charge >= 0.3 is 0 Å². The average Bonchev–Trinajstić information content (AvgIpc) is 3.10. The standard InChI is InChI=1S/C15H31NO/c1-4-6-7-14(5-2)12-15(8-9-15)13-16-10-11-17-3/h14,16H,4-13H2,1-3H3. The summed E-state index contributed by atoms with van der Waals surface area (Å²) >= 11 is 0. The van der Waals surface area contributed by atoms with Gasteiger partial charge in [-0.05, 0) is 30.6 Å². The lowest BCUT2D eigenvalue weighted by atomic mass is 9.86. The molecule has 0 bridgehead atoms. The average molecular weight is 241 g/mol. The molecular formula is C15H31NO. The number of ether oxygens (including phenoxy) is 1. The third-order valence-corrected chi connectivity index (χ3v) is 4.21. The maximum Gasteiger partial charge on any atom is 0.0587 e. The quantitative estimate of drug-likeness (QED) is 0.558. The first-order chi connectivity index (χ1) is 8.26. The van der Waals surface area contributed by atoms with Crippen molar-refractivity contribution >= 4 is 0 Å². The van der Waals surface area contributed by atoms with Gasteiger partial charge in [0, 0.05) is 20.2 Å². The van der Waals surface area contributed by atoms with E-state index in [1.165, 1.54) is 51.5 Å². The van der Waals surface area contributed by atoms with E-state index in [9.17, 15) is 0 Å². The largest absolute Gasteiger partial charge is 0.383 e. The van der Waals surface area contributed by atoms with Gasteiger partial charge < -0.3 is 10.1 Å². The molecule has 2 nitrogen and oxygen atoms in total. The second-order valence-corrected chi connectivity index (χ2v) is 5.79. The number of hydrogen-bond acceptors (Lipinski definition) is 2. The third kappa shape index (κ3) is 5.87. The molecule has 1 N–H and O–H groups in total. The second-order valence-electron chi connectivity index (χ2n) is 5.79. The highest BCUT2D eigenvalue weighted by molar-refractivity contribution is 4.96. The SMILES string of the molecule is CCCCC(CC)CC1(CNCCOC)CC1. The fourth-order valence-electron chi connectivity index (χ4n) is 2.71. The van der Waals surface area contributed by atoms with Crippen LogP contribution in [0.3, 0.4) is 0 Å². The molecule has 1 aliphatic carbocycles. The molecular weight excluding hydrogens is 210 g/mol. The van der Waals surface area contributed by atoms with Crippen molar-refractivity contribution in [3.8, 4) is 0 Å². The lowest BCUT2D eigenvalue weighted by Crippen LogP contribution is -2.28.